The zero-order chi connectivity index (χ0) is 23.0. The summed E-state index contributed by atoms with van der Waals surface area (Å²) in [5.41, 5.74) is 2.66. The quantitative estimate of drug-likeness (QED) is 0.454. The fourth-order valence-electron chi connectivity index (χ4n) is 4.90. The van der Waals surface area contributed by atoms with Gasteiger partial charge in [0.05, 0.1) is 12.2 Å². The summed E-state index contributed by atoms with van der Waals surface area (Å²) in [4.78, 5) is 18.8. The molecule has 7 nitrogen and oxygen atoms in total. The van der Waals surface area contributed by atoms with E-state index in [0.717, 1.165) is 55.1 Å². The number of carbonyl (C=O) groups is 1. The molecule has 1 N–H and O–H groups in total. The number of ether oxygens (including phenoxy) is 1. The summed E-state index contributed by atoms with van der Waals surface area (Å²) in [5.74, 6) is 0.884. The normalized spacial score (nSPS) is 21.3. The number of aromatic nitrogens is 3. The van der Waals surface area contributed by atoms with Gasteiger partial charge in [0, 0.05) is 30.2 Å². The highest BCUT2D eigenvalue weighted by Crippen LogP contribution is 2.41. The van der Waals surface area contributed by atoms with E-state index in [-0.39, 0.29) is 36.7 Å². The summed E-state index contributed by atoms with van der Waals surface area (Å²) in [5, 5.41) is 7.83. The fraction of sp³-hybridized carbons (Fsp3) is 0.400. The van der Waals surface area contributed by atoms with Crippen LogP contribution < -0.4 is 10.2 Å². The van der Waals surface area contributed by atoms with E-state index in [9.17, 15) is 9.18 Å². The molecule has 1 aliphatic heterocycles. The van der Waals surface area contributed by atoms with E-state index in [4.69, 9.17) is 4.74 Å². The Bertz CT molecular complexity index is 1160. The lowest BCUT2D eigenvalue weighted by molar-refractivity contribution is 0.0148. The second kappa shape index (κ2) is 10.8. The van der Waals surface area contributed by atoms with Gasteiger partial charge in [-0.05, 0) is 69.7 Å². The van der Waals surface area contributed by atoms with Gasteiger partial charge >= 0.3 is 6.09 Å². The van der Waals surface area contributed by atoms with Crippen molar-refractivity contribution in [2.45, 2.75) is 45.1 Å². The summed E-state index contributed by atoms with van der Waals surface area (Å²) in [6.07, 6.45) is 5.11. The zero-order valence-electron chi connectivity index (χ0n) is 19.7. The van der Waals surface area contributed by atoms with Crippen molar-refractivity contribution in [3.05, 3.63) is 65.9 Å². The van der Waals surface area contributed by atoms with Gasteiger partial charge in [0.25, 0.3) is 0 Å². The lowest BCUT2D eigenvalue weighted by atomic mass is 9.78. The van der Waals surface area contributed by atoms with Crippen molar-refractivity contribution >= 4 is 42.4 Å². The first-order valence-corrected chi connectivity index (χ1v) is 11.4. The predicted octanol–water partition coefficient (Wildman–Crippen LogP) is 5.86. The van der Waals surface area contributed by atoms with Gasteiger partial charge in [-0.2, -0.15) is 5.10 Å². The van der Waals surface area contributed by atoms with E-state index in [1.54, 1.807) is 34.0 Å². The van der Waals surface area contributed by atoms with Crippen molar-refractivity contribution in [1.82, 2.24) is 14.8 Å². The molecule has 1 spiro atoms. The number of rotatable bonds is 5. The Morgan fingerprint density at radius 3 is 2.49 bits per heavy atom. The summed E-state index contributed by atoms with van der Waals surface area (Å²) in [7, 11) is 0. The second-order valence-electron chi connectivity index (χ2n) is 9.17. The minimum atomic E-state index is -0.412. The van der Waals surface area contributed by atoms with E-state index >= 15 is 0 Å². The summed E-state index contributed by atoms with van der Waals surface area (Å²) >= 11 is 0. The van der Waals surface area contributed by atoms with Crippen molar-refractivity contribution in [2.75, 3.05) is 23.3 Å². The van der Waals surface area contributed by atoms with Crippen molar-refractivity contribution in [1.29, 1.82) is 0 Å². The van der Waals surface area contributed by atoms with Crippen LogP contribution in [0, 0.1) is 25.6 Å². The maximum atomic E-state index is 14.0. The summed E-state index contributed by atoms with van der Waals surface area (Å²) in [6, 6.07) is 12.3. The molecule has 1 amide bonds. The Hall–Kier alpha value is -2.84. The van der Waals surface area contributed by atoms with E-state index < -0.39 is 5.60 Å². The Morgan fingerprint density at radius 1 is 1.11 bits per heavy atom. The fourth-order valence-corrected chi connectivity index (χ4v) is 4.90. The number of amides is 1. The molecule has 0 bridgehead atoms. The number of nitrogens with one attached hydrogen (secondary N) is 1. The Kier molecular flexibility index (Phi) is 8.28. The maximum Gasteiger partial charge on any atom is 0.415 e. The van der Waals surface area contributed by atoms with Crippen LogP contribution in [0.15, 0.2) is 48.7 Å². The van der Waals surface area contributed by atoms with Crippen molar-refractivity contribution in [3.63, 3.8) is 0 Å². The van der Waals surface area contributed by atoms with Crippen LogP contribution in [0.5, 0.6) is 0 Å². The van der Waals surface area contributed by atoms with Gasteiger partial charge in [0.1, 0.15) is 22.9 Å². The zero-order valence-corrected chi connectivity index (χ0v) is 21.4. The Balaban J connectivity index is 0.00000171. The monoisotopic (exact) mass is 521 g/mol. The molecule has 188 valence electrons. The highest BCUT2D eigenvalue weighted by molar-refractivity contribution is 5.90. The number of aryl methyl sites for hydroxylation is 2. The first kappa shape index (κ1) is 26.8. The van der Waals surface area contributed by atoms with Crippen molar-refractivity contribution in [2.24, 2.45) is 5.92 Å². The van der Waals surface area contributed by atoms with Crippen molar-refractivity contribution < 1.29 is 13.9 Å². The molecule has 2 aromatic heterocycles. The molecule has 3 heterocycles. The molecule has 1 saturated carbocycles. The molecule has 1 aromatic carbocycles. The van der Waals surface area contributed by atoms with Crippen LogP contribution in [-0.4, -0.2) is 39.5 Å². The Morgan fingerprint density at radius 2 is 1.80 bits per heavy atom. The number of hydrogen-bond donors (Lipinski definition) is 1. The highest BCUT2D eigenvalue weighted by Gasteiger charge is 2.47. The minimum Gasteiger partial charge on any atom is -0.441 e. The molecular formula is C25H30Cl2FN5O2. The van der Waals surface area contributed by atoms with Gasteiger partial charge < -0.3 is 10.1 Å². The smallest absolute Gasteiger partial charge is 0.415 e. The molecule has 2 fully saturated rings. The van der Waals surface area contributed by atoms with E-state index in [1.807, 2.05) is 32.0 Å². The first-order chi connectivity index (χ1) is 15.9. The number of anilines is 2. The molecule has 0 radical (unpaired) electrons. The molecule has 0 unspecified atom stereocenters. The number of para-hydroxylation sites is 1. The molecule has 35 heavy (non-hydrogen) atoms. The molecule has 1 saturated heterocycles. The summed E-state index contributed by atoms with van der Waals surface area (Å²) < 4.78 is 21.4. The number of halogens is 3. The van der Waals surface area contributed by atoms with Crippen LogP contribution >= 0.6 is 24.8 Å². The SMILES string of the molecule is Cc1cc(N2C[C@]3(CC[C@@H](CNc4ccn(-c5ccccc5F)n4)CC3)OC2=O)cc(C)n1.Cl.Cl. The van der Waals surface area contributed by atoms with Gasteiger partial charge in [-0.1, -0.05) is 12.1 Å². The van der Waals surface area contributed by atoms with Crippen LogP contribution in [0.2, 0.25) is 0 Å². The molecule has 0 atom stereocenters. The van der Waals surface area contributed by atoms with E-state index in [2.05, 4.69) is 15.4 Å². The van der Waals surface area contributed by atoms with Crippen LogP contribution in [0.3, 0.4) is 0 Å². The third kappa shape index (κ3) is 5.70. The number of hydrogen-bond acceptors (Lipinski definition) is 5. The molecule has 1 aliphatic carbocycles. The lowest BCUT2D eigenvalue weighted by Crippen LogP contribution is -2.39. The summed E-state index contributed by atoms with van der Waals surface area (Å²) in [6.45, 7) is 5.24. The number of benzene rings is 1. The largest absolute Gasteiger partial charge is 0.441 e. The van der Waals surface area contributed by atoms with Crippen LogP contribution in [-0.2, 0) is 4.74 Å². The minimum absolute atomic E-state index is 0. The van der Waals surface area contributed by atoms with Crippen LogP contribution in [0.25, 0.3) is 5.69 Å². The van der Waals surface area contributed by atoms with Gasteiger partial charge in [-0.3, -0.25) is 9.88 Å². The number of nitrogens with zero attached hydrogens (tertiary/aromatic N) is 4. The van der Waals surface area contributed by atoms with Gasteiger partial charge in [-0.15, -0.1) is 24.8 Å². The molecule has 10 heteroatoms. The number of carbonyl (C=O) groups excluding carboxylic acids is 1. The average molecular weight is 522 g/mol. The van der Waals surface area contributed by atoms with Crippen LogP contribution in [0.1, 0.15) is 37.1 Å². The molecule has 3 aromatic rings. The molecular weight excluding hydrogens is 492 g/mol. The first-order valence-electron chi connectivity index (χ1n) is 11.4. The third-order valence-electron chi connectivity index (χ3n) is 6.63. The topological polar surface area (TPSA) is 72.3 Å². The average Bonchev–Trinajstić information content (AvgIpc) is 3.38. The van der Waals surface area contributed by atoms with Gasteiger partial charge in [0.2, 0.25) is 0 Å². The van der Waals surface area contributed by atoms with E-state index in [1.165, 1.54) is 6.07 Å². The molecule has 2 aliphatic rings. The van der Waals surface area contributed by atoms with Gasteiger partial charge in [-0.25, -0.2) is 13.9 Å². The van der Waals surface area contributed by atoms with Crippen molar-refractivity contribution in [3.8, 4) is 5.69 Å². The van der Waals surface area contributed by atoms with E-state index in [0.29, 0.717) is 18.2 Å². The third-order valence-corrected chi connectivity index (χ3v) is 6.63. The number of pyridine rings is 1. The lowest BCUT2D eigenvalue weighted by Gasteiger charge is -2.35. The standard InChI is InChI=1S/C25H28FN5O2.2ClH/c1-17-13-20(14-18(2)28-17)30-16-25(33-24(30)32)10-7-19(8-11-25)15-27-23-9-12-31(29-23)22-6-4-3-5-21(22)26;;/h3-6,9,12-14,19H,7-8,10-11,15-16H2,1-2H3,(H,27,29);2*1H/t19-,25-;;. The highest BCUT2D eigenvalue weighted by atomic mass is 35.5. The molecule has 5 rings (SSSR count). The second-order valence-corrected chi connectivity index (χ2v) is 9.17. The maximum absolute atomic E-state index is 14.0. The van der Waals surface area contributed by atoms with Crippen LogP contribution in [0.4, 0.5) is 20.7 Å². The predicted molar refractivity (Wildman–Crippen MR) is 139 cm³/mol. The Labute approximate surface area is 216 Å². The van der Waals surface area contributed by atoms with Gasteiger partial charge in [0.15, 0.2) is 0 Å².